The van der Waals surface area contributed by atoms with Gasteiger partial charge in [-0.15, -0.1) is 0 Å². The van der Waals surface area contributed by atoms with Gasteiger partial charge in [0.2, 0.25) is 18.1 Å². The van der Waals surface area contributed by atoms with Crippen LogP contribution in [-0.4, -0.2) is 0 Å². The van der Waals surface area contributed by atoms with E-state index in [1.165, 1.54) is 12.1 Å². The van der Waals surface area contributed by atoms with E-state index in [1.54, 1.807) is 0 Å². The summed E-state index contributed by atoms with van der Waals surface area (Å²) in [6, 6.07) is 2.90. The third-order valence-corrected chi connectivity index (χ3v) is 5.17. The Morgan fingerprint density at radius 3 is 0.900 bits per heavy atom. The highest BCUT2D eigenvalue weighted by atomic mass is 35.5. The number of hydrogen-bond acceptors (Lipinski definition) is 2. The van der Waals surface area contributed by atoms with Crippen molar-refractivity contribution in [3.05, 3.63) is 34.4 Å². The van der Waals surface area contributed by atoms with Crippen LogP contribution in [0, 0.1) is 0 Å². The lowest BCUT2D eigenvalue weighted by Crippen LogP contribution is -2.15. The van der Waals surface area contributed by atoms with E-state index < -0.39 is 18.1 Å². The molecule has 0 bridgehead atoms. The van der Waals surface area contributed by atoms with E-state index in [2.05, 4.69) is 0 Å². The molecule has 0 atom stereocenters. The van der Waals surface area contributed by atoms with Crippen LogP contribution in [0.25, 0.3) is 0 Å². The van der Waals surface area contributed by atoms with Crippen LogP contribution in [0.2, 0.25) is 0 Å². The lowest BCUT2D eigenvalue weighted by atomic mass is 10.0. The second-order valence-electron chi connectivity index (χ2n) is 4.21. The molecule has 0 saturated heterocycles. The lowest BCUT2D eigenvalue weighted by Gasteiger charge is -2.18. The molecule has 1 aromatic carbocycles. The molecule has 0 N–H and O–H groups in total. The predicted molar refractivity (Wildman–Crippen MR) is 82.1 cm³/mol. The summed E-state index contributed by atoms with van der Waals surface area (Å²) >= 11 is 48.2. The maximum absolute atomic E-state index is 6.03. The van der Waals surface area contributed by atoms with E-state index >= 15 is 0 Å². The summed E-state index contributed by atoms with van der Waals surface area (Å²) in [5, 5.41) is 0. The number of alkyl halides is 8. The van der Waals surface area contributed by atoms with Gasteiger partial charge in [0, 0.05) is 22.3 Å². The fourth-order valence-corrected chi connectivity index (χ4v) is 4.60. The third-order valence-electron chi connectivity index (χ3n) is 2.92. The highest BCUT2D eigenvalue weighted by Crippen LogP contribution is 2.62. The van der Waals surface area contributed by atoms with E-state index in [0.717, 1.165) is 0 Å². The van der Waals surface area contributed by atoms with Gasteiger partial charge < -0.3 is 9.47 Å². The van der Waals surface area contributed by atoms with Gasteiger partial charge in [-0.1, -0.05) is 92.8 Å². The molecule has 0 aromatic heterocycles. The number of fused-ring (bicyclic) bond motifs is 2. The SMILES string of the molecule is ClC1(Cl)OC(Cl)(Cl)c2cc3c(cc21)C(Cl)(Cl)OC3(Cl)Cl. The first-order valence-corrected chi connectivity index (χ1v) is 8.01. The Kier molecular flexibility index (Phi) is 3.68. The maximum atomic E-state index is 6.03. The van der Waals surface area contributed by atoms with Crippen LogP contribution in [0.4, 0.5) is 0 Å². The summed E-state index contributed by atoms with van der Waals surface area (Å²) in [5.74, 6) is 0. The van der Waals surface area contributed by atoms with Crippen molar-refractivity contribution in [2.75, 3.05) is 0 Å². The molecule has 20 heavy (non-hydrogen) atoms. The molecule has 10 heteroatoms. The van der Waals surface area contributed by atoms with Gasteiger partial charge >= 0.3 is 0 Å². The van der Waals surface area contributed by atoms with Crippen molar-refractivity contribution in [3.8, 4) is 0 Å². The van der Waals surface area contributed by atoms with Gasteiger partial charge in [0.1, 0.15) is 0 Å². The van der Waals surface area contributed by atoms with Crippen LogP contribution in [0.5, 0.6) is 0 Å². The first kappa shape index (κ1) is 16.3. The topological polar surface area (TPSA) is 18.5 Å². The van der Waals surface area contributed by atoms with Crippen molar-refractivity contribution in [1.29, 1.82) is 0 Å². The fourth-order valence-electron chi connectivity index (χ4n) is 2.10. The Morgan fingerprint density at radius 1 is 0.500 bits per heavy atom. The molecular formula is C10H2Cl8O2. The molecule has 2 heterocycles. The molecule has 0 unspecified atom stereocenters. The molecule has 0 saturated carbocycles. The Bertz CT molecular complexity index is 509. The number of benzene rings is 1. The molecular weight excluding hydrogens is 436 g/mol. The van der Waals surface area contributed by atoms with Crippen LogP contribution in [0.15, 0.2) is 12.1 Å². The van der Waals surface area contributed by atoms with Crippen LogP contribution < -0.4 is 0 Å². The lowest BCUT2D eigenvalue weighted by molar-refractivity contribution is 0.0479. The molecule has 2 aliphatic rings. The highest BCUT2D eigenvalue weighted by molar-refractivity contribution is 6.53. The highest BCUT2D eigenvalue weighted by Gasteiger charge is 2.56. The minimum atomic E-state index is -1.76. The monoisotopic (exact) mass is 434 g/mol. The van der Waals surface area contributed by atoms with Crippen LogP contribution in [0.1, 0.15) is 22.3 Å². The Morgan fingerprint density at radius 2 is 0.700 bits per heavy atom. The van der Waals surface area contributed by atoms with E-state index in [0.29, 0.717) is 0 Å². The summed E-state index contributed by atoms with van der Waals surface area (Å²) < 4.78 is 3.29. The summed E-state index contributed by atoms with van der Waals surface area (Å²) in [6.45, 7) is 0. The Balaban J connectivity index is 2.32. The zero-order valence-electron chi connectivity index (χ0n) is 8.99. The molecule has 0 aliphatic carbocycles. The van der Waals surface area contributed by atoms with E-state index in [-0.39, 0.29) is 22.3 Å². The van der Waals surface area contributed by atoms with Gasteiger partial charge in [0.15, 0.2) is 0 Å². The minimum absolute atomic E-state index is 0.282. The van der Waals surface area contributed by atoms with Gasteiger partial charge in [-0.05, 0) is 12.1 Å². The number of rotatable bonds is 0. The molecule has 0 fully saturated rings. The second-order valence-corrected chi connectivity index (χ2v) is 9.25. The van der Waals surface area contributed by atoms with Crippen LogP contribution in [0.3, 0.4) is 0 Å². The smallest absolute Gasteiger partial charge is 0.247 e. The molecule has 0 amide bonds. The van der Waals surface area contributed by atoms with E-state index in [1.807, 2.05) is 0 Å². The van der Waals surface area contributed by atoms with E-state index in [4.69, 9.17) is 102 Å². The van der Waals surface area contributed by atoms with Crippen molar-refractivity contribution in [2.45, 2.75) is 18.1 Å². The summed E-state index contributed by atoms with van der Waals surface area (Å²) in [7, 11) is 0. The van der Waals surface area contributed by atoms with Crippen molar-refractivity contribution >= 4 is 92.8 Å². The van der Waals surface area contributed by atoms with Crippen LogP contribution in [-0.2, 0) is 27.6 Å². The quantitative estimate of drug-likeness (QED) is 0.457. The van der Waals surface area contributed by atoms with Gasteiger partial charge in [-0.2, -0.15) is 0 Å². The van der Waals surface area contributed by atoms with Crippen molar-refractivity contribution in [3.63, 3.8) is 0 Å². The molecule has 0 spiro atoms. The van der Waals surface area contributed by atoms with Crippen LogP contribution >= 0.6 is 92.8 Å². The largest absolute Gasteiger partial charge is 0.302 e. The second kappa shape index (κ2) is 4.51. The Hall–Kier alpha value is 1.46. The number of ether oxygens (including phenoxy) is 2. The van der Waals surface area contributed by atoms with Gasteiger partial charge in [0.05, 0.1) is 0 Å². The normalized spacial score (nSPS) is 27.2. The molecule has 110 valence electrons. The maximum Gasteiger partial charge on any atom is 0.247 e. The zero-order chi connectivity index (χ0) is 15.1. The number of halogens is 8. The average molecular weight is 438 g/mol. The molecule has 0 radical (unpaired) electrons. The molecule has 2 aliphatic heterocycles. The van der Waals surface area contributed by atoms with Crippen molar-refractivity contribution in [1.82, 2.24) is 0 Å². The molecule has 2 nitrogen and oxygen atoms in total. The molecule has 3 rings (SSSR count). The van der Waals surface area contributed by atoms with Gasteiger partial charge in [-0.25, -0.2) is 0 Å². The van der Waals surface area contributed by atoms with Crippen molar-refractivity contribution < 1.29 is 9.47 Å². The fraction of sp³-hybridized carbons (Fsp3) is 0.400. The van der Waals surface area contributed by atoms with E-state index in [9.17, 15) is 0 Å². The predicted octanol–water partition coefficient (Wildman–Crippen LogP) is 6.10. The van der Waals surface area contributed by atoms with Crippen molar-refractivity contribution in [2.24, 2.45) is 0 Å². The summed E-state index contributed by atoms with van der Waals surface area (Å²) in [6.07, 6.45) is 0. The number of hydrogen-bond donors (Lipinski definition) is 0. The molecule has 1 aromatic rings. The standard InChI is InChI=1S/C10H2Cl8O2/c11-7(12)3-1-4-6(2-5(3)9(15,16)19-7)10(17,18)20-8(4,13)14/h1-2H. The average Bonchev–Trinajstić information content (AvgIpc) is 2.52. The third kappa shape index (κ3) is 2.32. The minimum Gasteiger partial charge on any atom is -0.302 e. The zero-order valence-corrected chi connectivity index (χ0v) is 15.0. The first-order valence-electron chi connectivity index (χ1n) is 4.98. The van der Waals surface area contributed by atoms with Gasteiger partial charge in [0.25, 0.3) is 0 Å². The van der Waals surface area contributed by atoms with Gasteiger partial charge in [-0.3, -0.25) is 0 Å². The Labute approximate surface area is 154 Å². The first-order chi connectivity index (χ1) is 8.87. The summed E-state index contributed by atoms with van der Waals surface area (Å²) in [5.41, 5.74) is 1.13. The summed E-state index contributed by atoms with van der Waals surface area (Å²) in [4.78, 5) is 0.